The maximum Gasteiger partial charge on any atom is 0.257 e. The number of halogens is 1. The fourth-order valence-electron chi connectivity index (χ4n) is 3.13. The van der Waals surface area contributed by atoms with Gasteiger partial charge in [-0.25, -0.2) is 0 Å². The summed E-state index contributed by atoms with van der Waals surface area (Å²) in [6.07, 6.45) is 5.67. The summed E-state index contributed by atoms with van der Waals surface area (Å²) >= 11 is 8.97. The third kappa shape index (κ3) is 8.97. The molecule has 0 bridgehead atoms. The van der Waals surface area contributed by atoms with E-state index in [4.69, 9.17) is 22.2 Å². The van der Waals surface area contributed by atoms with Crippen molar-refractivity contribution < 1.29 is 9.53 Å². The number of hydrogen-bond acceptors (Lipinski definition) is 4. The monoisotopic (exact) mass is 515 g/mol. The predicted octanol–water partition coefficient (Wildman–Crippen LogP) is 5.88. The first-order valence-electron chi connectivity index (χ1n) is 11.0. The molecule has 0 atom stereocenters. The molecule has 1 amide bonds. The molecule has 0 aliphatic rings. The van der Waals surface area contributed by atoms with Gasteiger partial charge in [-0.3, -0.25) is 10.1 Å². The van der Waals surface area contributed by atoms with Crippen LogP contribution in [-0.4, -0.2) is 35.6 Å². The Morgan fingerprint density at radius 2 is 1.94 bits per heavy atom. The largest absolute Gasteiger partial charge is 0.492 e. The molecule has 0 radical (unpaired) electrons. The molecule has 0 aromatic heterocycles. The van der Waals surface area contributed by atoms with Gasteiger partial charge in [-0.05, 0) is 64.8 Å². The van der Waals surface area contributed by atoms with Crippen molar-refractivity contribution in [2.75, 3.05) is 19.7 Å². The molecule has 0 aliphatic carbocycles. The number of thiocarbonyl (C=S) groups is 1. The average molecular weight is 517 g/mol. The molecule has 2 aromatic carbocycles. The normalized spacial score (nSPS) is 10.3. The number of nitrogens with zero attached hydrogens (tertiary/aromatic N) is 2. The number of hydrogen-bond donors (Lipinski definition) is 1. The Hall–Kier alpha value is -2.43. The summed E-state index contributed by atoms with van der Waals surface area (Å²) in [5, 5.41) is 12.1. The van der Waals surface area contributed by atoms with Crippen molar-refractivity contribution in [2.45, 2.75) is 45.4 Å². The standard InChI is InChI=1S/C25H30BrN3O2S/c1-2-3-4-8-18-31-23-13-12-21(19-22(23)26)24(30)28-25(32)29(16-9-15-27)17-14-20-10-6-5-7-11-20/h5-7,10-13,19H,2-4,8-9,14,16-18H2,1H3,(H,28,30,32). The van der Waals surface area contributed by atoms with Crippen molar-refractivity contribution in [3.8, 4) is 11.8 Å². The Bertz CT molecular complexity index is 915. The lowest BCUT2D eigenvalue weighted by Crippen LogP contribution is -2.44. The van der Waals surface area contributed by atoms with Crippen molar-refractivity contribution >= 4 is 39.2 Å². The lowest BCUT2D eigenvalue weighted by Gasteiger charge is -2.24. The third-order valence-electron chi connectivity index (χ3n) is 4.96. The van der Waals surface area contributed by atoms with Crippen LogP contribution in [0.5, 0.6) is 5.75 Å². The fourth-order valence-corrected chi connectivity index (χ4v) is 3.90. The van der Waals surface area contributed by atoms with Gasteiger partial charge in [-0.15, -0.1) is 0 Å². The van der Waals surface area contributed by atoms with Gasteiger partial charge in [0.15, 0.2) is 5.11 Å². The number of carbonyl (C=O) groups excluding carboxylic acids is 1. The molecular formula is C25H30BrN3O2S. The molecule has 170 valence electrons. The molecule has 2 aromatic rings. The fraction of sp³-hybridized carbons (Fsp3) is 0.400. The second-order valence-corrected chi connectivity index (χ2v) is 8.69. The second-order valence-electron chi connectivity index (χ2n) is 7.44. The predicted molar refractivity (Wildman–Crippen MR) is 136 cm³/mol. The van der Waals surface area contributed by atoms with Crippen LogP contribution < -0.4 is 10.1 Å². The van der Waals surface area contributed by atoms with Crippen LogP contribution in [0.15, 0.2) is 53.0 Å². The van der Waals surface area contributed by atoms with Gasteiger partial charge in [0.2, 0.25) is 0 Å². The van der Waals surface area contributed by atoms with Crippen LogP contribution >= 0.6 is 28.1 Å². The first kappa shape index (κ1) is 25.8. The SMILES string of the molecule is CCCCCCOc1ccc(C(=O)NC(=S)N(CCC#N)CCc2ccccc2)cc1Br. The molecule has 32 heavy (non-hydrogen) atoms. The van der Waals surface area contributed by atoms with Crippen LogP contribution in [0.3, 0.4) is 0 Å². The number of rotatable bonds is 12. The summed E-state index contributed by atoms with van der Waals surface area (Å²) in [4.78, 5) is 14.6. The Kier molecular flexibility index (Phi) is 11.8. The molecule has 0 aliphatic heterocycles. The number of nitrogens with one attached hydrogen (secondary N) is 1. The lowest BCUT2D eigenvalue weighted by molar-refractivity contribution is 0.0973. The summed E-state index contributed by atoms with van der Waals surface area (Å²) < 4.78 is 6.55. The molecule has 0 unspecified atom stereocenters. The molecule has 0 saturated heterocycles. The summed E-state index contributed by atoms with van der Waals surface area (Å²) in [5.41, 5.74) is 1.67. The average Bonchev–Trinajstić information content (AvgIpc) is 2.80. The number of carbonyl (C=O) groups is 1. The number of amides is 1. The third-order valence-corrected chi connectivity index (χ3v) is 5.94. The van der Waals surface area contributed by atoms with Crippen molar-refractivity contribution in [3.63, 3.8) is 0 Å². The summed E-state index contributed by atoms with van der Waals surface area (Å²) in [6, 6.07) is 17.5. The van der Waals surface area contributed by atoms with Gasteiger partial charge < -0.3 is 9.64 Å². The van der Waals surface area contributed by atoms with Gasteiger partial charge in [0.05, 0.1) is 23.6 Å². The maximum absolute atomic E-state index is 12.8. The van der Waals surface area contributed by atoms with Gasteiger partial charge in [0, 0.05) is 18.7 Å². The quantitative estimate of drug-likeness (QED) is 0.282. The molecule has 1 N–H and O–H groups in total. The number of unbranched alkanes of at least 4 members (excludes halogenated alkanes) is 3. The van der Waals surface area contributed by atoms with Gasteiger partial charge in [-0.2, -0.15) is 5.26 Å². The summed E-state index contributed by atoms with van der Waals surface area (Å²) in [5.74, 6) is 0.436. The van der Waals surface area contributed by atoms with Crippen LogP contribution in [0.2, 0.25) is 0 Å². The zero-order valence-electron chi connectivity index (χ0n) is 18.5. The van der Waals surface area contributed by atoms with Gasteiger partial charge in [0.1, 0.15) is 5.75 Å². The van der Waals surface area contributed by atoms with Crippen LogP contribution in [0.25, 0.3) is 0 Å². The second kappa shape index (κ2) is 14.6. The van der Waals surface area contributed by atoms with E-state index in [-0.39, 0.29) is 5.91 Å². The first-order chi connectivity index (χ1) is 15.5. The molecule has 2 rings (SSSR count). The topological polar surface area (TPSA) is 65.4 Å². The van der Waals surface area contributed by atoms with E-state index in [0.717, 1.165) is 29.5 Å². The van der Waals surface area contributed by atoms with Gasteiger partial charge in [-0.1, -0.05) is 56.5 Å². The van der Waals surface area contributed by atoms with E-state index in [9.17, 15) is 4.79 Å². The van der Waals surface area contributed by atoms with Crippen LogP contribution in [0.1, 0.15) is 54.9 Å². The van der Waals surface area contributed by atoms with E-state index >= 15 is 0 Å². The van der Waals surface area contributed by atoms with Crippen molar-refractivity contribution in [1.29, 1.82) is 5.26 Å². The number of benzene rings is 2. The van der Waals surface area contributed by atoms with Gasteiger partial charge >= 0.3 is 0 Å². The Labute approximate surface area is 204 Å². The van der Waals surface area contributed by atoms with E-state index in [1.54, 1.807) is 18.2 Å². The molecule has 5 nitrogen and oxygen atoms in total. The summed E-state index contributed by atoms with van der Waals surface area (Å²) in [6.45, 7) is 3.93. The van der Waals surface area contributed by atoms with E-state index in [1.807, 2.05) is 23.1 Å². The molecule has 0 spiro atoms. The van der Waals surface area contributed by atoms with Crippen molar-refractivity contribution in [2.24, 2.45) is 0 Å². The molecule has 0 heterocycles. The molecule has 0 fully saturated rings. The first-order valence-corrected chi connectivity index (χ1v) is 12.2. The highest BCUT2D eigenvalue weighted by molar-refractivity contribution is 9.10. The van der Waals surface area contributed by atoms with Gasteiger partial charge in [0.25, 0.3) is 5.91 Å². The highest BCUT2D eigenvalue weighted by atomic mass is 79.9. The highest BCUT2D eigenvalue weighted by Crippen LogP contribution is 2.26. The Morgan fingerprint density at radius 3 is 2.62 bits per heavy atom. The van der Waals surface area contributed by atoms with E-state index in [1.165, 1.54) is 18.4 Å². The maximum atomic E-state index is 12.8. The Balaban J connectivity index is 1.93. The zero-order valence-corrected chi connectivity index (χ0v) is 20.9. The summed E-state index contributed by atoms with van der Waals surface area (Å²) in [7, 11) is 0. The molecule has 0 saturated carbocycles. The smallest absolute Gasteiger partial charge is 0.257 e. The molecule has 7 heteroatoms. The number of nitriles is 1. The minimum atomic E-state index is -0.285. The van der Waals surface area contributed by atoms with E-state index in [0.29, 0.717) is 36.8 Å². The zero-order chi connectivity index (χ0) is 23.2. The number of ether oxygens (including phenoxy) is 1. The Morgan fingerprint density at radius 1 is 1.16 bits per heavy atom. The van der Waals surface area contributed by atoms with E-state index in [2.05, 4.69) is 46.4 Å². The molecular weight excluding hydrogens is 486 g/mol. The highest BCUT2D eigenvalue weighted by Gasteiger charge is 2.15. The van der Waals surface area contributed by atoms with Crippen molar-refractivity contribution in [1.82, 2.24) is 10.2 Å². The lowest BCUT2D eigenvalue weighted by atomic mass is 10.1. The van der Waals surface area contributed by atoms with Crippen LogP contribution in [-0.2, 0) is 6.42 Å². The minimum Gasteiger partial charge on any atom is -0.492 e. The van der Waals surface area contributed by atoms with E-state index < -0.39 is 0 Å². The minimum absolute atomic E-state index is 0.285. The van der Waals surface area contributed by atoms with Crippen LogP contribution in [0, 0.1) is 11.3 Å². The van der Waals surface area contributed by atoms with Crippen molar-refractivity contribution in [3.05, 3.63) is 64.1 Å². The van der Waals surface area contributed by atoms with Crippen LogP contribution in [0.4, 0.5) is 0 Å².